The van der Waals surface area contributed by atoms with E-state index >= 15 is 0 Å². The Labute approximate surface area is 125 Å². The minimum atomic E-state index is -0.251. The van der Waals surface area contributed by atoms with Crippen molar-refractivity contribution in [2.24, 2.45) is 0 Å². The van der Waals surface area contributed by atoms with Gasteiger partial charge in [0, 0.05) is 12.8 Å². The van der Waals surface area contributed by atoms with Gasteiger partial charge in [0.2, 0.25) is 0 Å². The van der Waals surface area contributed by atoms with Crippen LogP contribution in [-0.4, -0.2) is 12.1 Å². The third kappa shape index (κ3) is 4.35. The van der Waals surface area contributed by atoms with Crippen molar-refractivity contribution in [3.63, 3.8) is 0 Å². The van der Waals surface area contributed by atoms with Crippen molar-refractivity contribution < 1.29 is 14.3 Å². The van der Waals surface area contributed by atoms with Crippen LogP contribution in [0.4, 0.5) is 0 Å². The molecule has 0 aliphatic carbocycles. The molecule has 110 valence electrons. The molecule has 0 aromatic heterocycles. The number of hydrogen-bond donors (Lipinski definition) is 0. The van der Waals surface area contributed by atoms with E-state index in [0.717, 1.165) is 17.1 Å². The van der Waals surface area contributed by atoms with Crippen LogP contribution in [0.15, 0.2) is 54.6 Å². The van der Waals surface area contributed by atoms with Crippen LogP contribution in [-0.2, 0) is 9.53 Å². The summed E-state index contributed by atoms with van der Waals surface area (Å²) in [5.41, 5.74) is 1.11. The topological polar surface area (TPSA) is 35.5 Å². The molecular formula is C18H20O3. The lowest BCUT2D eigenvalue weighted by Crippen LogP contribution is -2.19. The molecule has 3 nitrogen and oxygen atoms in total. The summed E-state index contributed by atoms with van der Waals surface area (Å²) in [4.78, 5) is 11.0. The summed E-state index contributed by atoms with van der Waals surface area (Å²) < 4.78 is 11.0. The molecule has 3 heteroatoms. The summed E-state index contributed by atoms with van der Waals surface area (Å²) in [5, 5.41) is 0. The van der Waals surface area contributed by atoms with E-state index in [9.17, 15) is 4.79 Å². The molecule has 0 unspecified atom stereocenters. The third-order valence-electron chi connectivity index (χ3n) is 3.44. The van der Waals surface area contributed by atoms with E-state index in [1.165, 1.54) is 6.92 Å². The van der Waals surface area contributed by atoms with E-state index in [2.05, 4.69) is 0 Å². The Morgan fingerprint density at radius 2 is 1.48 bits per heavy atom. The summed E-state index contributed by atoms with van der Waals surface area (Å²) in [6.07, 6.45) is -0.150. The van der Waals surface area contributed by atoms with Gasteiger partial charge in [0.25, 0.3) is 0 Å². The molecule has 0 spiro atoms. The van der Waals surface area contributed by atoms with Gasteiger partial charge in [-0.2, -0.15) is 0 Å². The molecule has 0 saturated carbocycles. The summed E-state index contributed by atoms with van der Waals surface area (Å²) >= 11 is 0. The Kier molecular flexibility index (Phi) is 4.99. The molecule has 0 N–H and O–H groups in total. The van der Waals surface area contributed by atoms with Gasteiger partial charge in [0.15, 0.2) is 0 Å². The summed E-state index contributed by atoms with van der Waals surface area (Å²) in [6, 6.07) is 17.5. The predicted octanol–water partition coefficient (Wildman–Crippen LogP) is 4.53. The molecule has 21 heavy (non-hydrogen) atoms. The first-order valence-electron chi connectivity index (χ1n) is 7.06. The van der Waals surface area contributed by atoms with Crippen LogP contribution in [0.1, 0.15) is 32.3 Å². The maximum atomic E-state index is 11.0. The number of rotatable bonds is 5. The summed E-state index contributed by atoms with van der Waals surface area (Å²) in [5.74, 6) is 1.49. The lowest BCUT2D eigenvalue weighted by Gasteiger charge is -2.20. The molecule has 0 aliphatic rings. The van der Waals surface area contributed by atoms with Crippen molar-refractivity contribution in [1.82, 2.24) is 0 Å². The zero-order valence-electron chi connectivity index (χ0n) is 12.6. The highest BCUT2D eigenvalue weighted by Crippen LogP contribution is 2.26. The van der Waals surface area contributed by atoms with Gasteiger partial charge in [-0.3, -0.25) is 4.79 Å². The van der Waals surface area contributed by atoms with E-state index < -0.39 is 0 Å². The molecule has 2 rings (SSSR count). The fourth-order valence-corrected chi connectivity index (χ4v) is 2.10. The van der Waals surface area contributed by atoms with Gasteiger partial charge in [-0.25, -0.2) is 0 Å². The van der Waals surface area contributed by atoms with Gasteiger partial charge in [-0.1, -0.05) is 37.3 Å². The van der Waals surface area contributed by atoms with Gasteiger partial charge in [0.05, 0.1) is 0 Å². The number of benzene rings is 2. The zero-order chi connectivity index (χ0) is 15.2. The second-order valence-corrected chi connectivity index (χ2v) is 5.09. The zero-order valence-corrected chi connectivity index (χ0v) is 12.6. The van der Waals surface area contributed by atoms with Crippen LogP contribution in [0.25, 0.3) is 0 Å². The molecule has 0 radical (unpaired) electrons. The third-order valence-corrected chi connectivity index (χ3v) is 3.44. The molecule has 2 aromatic carbocycles. The van der Waals surface area contributed by atoms with Crippen LogP contribution in [0, 0.1) is 0 Å². The van der Waals surface area contributed by atoms with Gasteiger partial charge in [-0.05, 0) is 36.8 Å². The van der Waals surface area contributed by atoms with E-state index in [4.69, 9.17) is 9.47 Å². The summed E-state index contributed by atoms with van der Waals surface area (Å²) in [7, 11) is 0. The molecule has 0 amide bonds. The highest BCUT2D eigenvalue weighted by Gasteiger charge is 2.16. The molecular weight excluding hydrogens is 264 g/mol. The largest absolute Gasteiger partial charge is 0.462 e. The Morgan fingerprint density at radius 1 is 0.905 bits per heavy atom. The van der Waals surface area contributed by atoms with Crippen molar-refractivity contribution in [2.75, 3.05) is 0 Å². The highest BCUT2D eigenvalue weighted by molar-refractivity contribution is 5.66. The number of carbonyl (C=O) groups is 1. The molecule has 2 aromatic rings. The lowest BCUT2D eigenvalue weighted by atomic mass is 9.96. The average Bonchev–Trinajstić information content (AvgIpc) is 2.47. The number of hydrogen-bond acceptors (Lipinski definition) is 3. The second-order valence-electron chi connectivity index (χ2n) is 5.09. The van der Waals surface area contributed by atoms with E-state index in [1.807, 2.05) is 68.4 Å². The highest BCUT2D eigenvalue weighted by atomic mass is 16.5. The fourth-order valence-electron chi connectivity index (χ4n) is 2.10. The van der Waals surface area contributed by atoms with Crippen LogP contribution >= 0.6 is 0 Å². The van der Waals surface area contributed by atoms with Crippen LogP contribution < -0.4 is 4.74 Å². The molecule has 0 heterocycles. The summed E-state index contributed by atoms with van der Waals surface area (Å²) in [6.45, 7) is 5.38. The number of carbonyl (C=O) groups excluding carboxylic acids is 1. The van der Waals surface area contributed by atoms with Gasteiger partial charge < -0.3 is 9.47 Å². The number of para-hydroxylation sites is 1. The van der Waals surface area contributed by atoms with Crippen LogP contribution in [0.5, 0.6) is 11.5 Å². The SMILES string of the molecule is CC(=O)O[C@@H](C)[C@@H](C)c1ccc(Oc2ccccc2)cc1. The first-order valence-corrected chi connectivity index (χ1v) is 7.06. The standard InChI is InChI=1S/C18H20O3/c1-13(14(2)20-15(3)19)16-9-11-18(12-10-16)21-17-7-5-4-6-8-17/h4-14H,1-3H3/t13-,14+/m1/s1. The molecule has 0 bridgehead atoms. The fraction of sp³-hybridized carbons (Fsp3) is 0.278. The van der Waals surface area contributed by atoms with Crippen molar-refractivity contribution in [1.29, 1.82) is 0 Å². The van der Waals surface area contributed by atoms with Crippen molar-refractivity contribution in [3.8, 4) is 11.5 Å². The number of ether oxygens (including phenoxy) is 2. The minimum absolute atomic E-state index is 0.139. The smallest absolute Gasteiger partial charge is 0.302 e. The Hall–Kier alpha value is -2.29. The Bertz CT molecular complexity index is 575. The van der Waals surface area contributed by atoms with E-state index in [-0.39, 0.29) is 18.0 Å². The monoisotopic (exact) mass is 284 g/mol. The molecule has 0 aliphatic heterocycles. The predicted molar refractivity (Wildman–Crippen MR) is 82.6 cm³/mol. The van der Waals surface area contributed by atoms with E-state index in [1.54, 1.807) is 0 Å². The van der Waals surface area contributed by atoms with Gasteiger partial charge in [-0.15, -0.1) is 0 Å². The van der Waals surface area contributed by atoms with Crippen molar-refractivity contribution in [3.05, 3.63) is 60.2 Å². The van der Waals surface area contributed by atoms with Crippen LogP contribution in [0.3, 0.4) is 0 Å². The maximum absolute atomic E-state index is 11.0. The molecule has 2 atom stereocenters. The molecule has 0 saturated heterocycles. The van der Waals surface area contributed by atoms with Gasteiger partial charge >= 0.3 is 5.97 Å². The second kappa shape index (κ2) is 6.93. The Morgan fingerprint density at radius 3 is 2.05 bits per heavy atom. The normalized spacial score (nSPS) is 13.3. The molecule has 0 fully saturated rings. The van der Waals surface area contributed by atoms with Crippen molar-refractivity contribution >= 4 is 5.97 Å². The minimum Gasteiger partial charge on any atom is -0.462 e. The first-order chi connectivity index (χ1) is 10.1. The Balaban J connectivity index is 2.03. The maximum Gasteiger partial charge on any atom is 0.302 e. The van der Waals surface area contributed by atoms with Gasteiger partial charge in [0.1, 0.15) is 17.6 Å². The first kappa shape index (κ1) is 15.1. The average molecular weight is 284 g/mol. The number of esters is 1. The van der Waals surface area contributed by atoms with Crippen LogP contribution in [0.2, 0.25) is 0 Å². The van der Waals surface area contributed by atoms with Crippen molar-refractivity contribution in [2.45, 2.75) is 32.8 Å². The van der Waals surface area contributed by atoms with E-state index in [0.29, 0.717) is 0 Å². The lowest BCUT2D eigenvalue weighted by molar-refractivity contribution is -0.146. The quantitative estimate of drug-likeness (QED) is 0.756.